The van der Waals surface area contributed by atoms with Gasteiger partial charge in [-0.15, -0.1) is 5.10 Å². The fraction of sp³-hybridized carbons (Fsp3) is 0.625. The molecule has 0 atom stereocenters. The predicted octanol–water partition coefficient (Wildman–Crippen LogP) is 0.696. The molecule has 0 unspecified atom stereocenters. The SMILES string of the molecule is CCCNCCOc1cn[nH]c1[N+](=O)[O-]. The van der Waals surface area contributed by atoms with Crippen molar-refractivity contribution in [3.63, 3.8) is 0 Å². The minimum absolute atomic E-state index is 0.179. The van der Waals surface area contributed by atoms with E-state index < -0.39 is 4.92 Å². The van der Waals surface area contributed by atoms with E-state index in [-0.39, 0.29) is 11.6 Å². The minimum atomic E-state index is -0.554. The lowest BCUT2D eigenvalue weighted by atomic mass is 10.5. The van der Waals surface area contributed by atoms with Crippen molar-refractivity contribution in [3.8, 4) is 5.75 Å². The fourth-order valence-electron chi connectivity index (χ4n) is 1.04. The Hall–Kier alpha value is -1.63. The van der Waals surface area contributed by atoms with E-state index >= 15 is 0 Å². The second-order valence-corrected chi connectivity index (χ2v) is 2.94. The van der Waals surface area contributed by atoms with Crippen molar-refractivity contribution in [2.45, 2.75) is 13.3 Å². The van der Waals surface area contributed by atoms with Gasteiger partial charge in [-0.1, -0.05) is 12.0 Å². The largest absolute Gasteiger partial charge is 0.483 e. The number of hydrogen-bond donors (Lipinski definition) is 2. The lowest BCUT2D eigenvalue weighted by Crippen LogP contribution is -2.21. The van der Waals surface area contributed by atoms with Crippen LogP contribution in [0, 0.1) is 10.1 Å². The van der Waals surface area contributed by atoms with Crippen molar-refractivity contribution >= 4 is 5.82 Å². The van der Waals surface area contributed by atoms with Crippen LogP contribution in [0.1, 0.15) is 13.3 Å². The first kappa shape index (κ1) is 11.4. The van der Waals surface area contributed by atoms with Gasteiger partial charge in [-0.3, -0.25) is 0 Å². The molecule has 0 aliphatic heterocycles. The van der Waals surface area contributed by atoms with Gasteiger partial charge in [0.1, 0.15) is 12.8 Å². The number of nitro groups is 1. The van der Waals surface area contributed by atoms with E-state index in [1.165, 1.54) is 6.20 Å². The maximum absolute atomic E-state index is 10.5. The van der Waals surface area contributed by atoms with Gasteiger partial charge in [-0.2, -0.15) is 0 Å². The molecule has 84 valence electrons. The van der Waals surface area contributed by atoms with Gasteiger partial charge in [0.2, 0.25) is 5.75 Å². The summed E-state index contributed by atoms with van der Waals surface area (Å²) in [5, 5.41) is 19.4. The molecule has 0 radical (unpaired) electrons. The van der Waals surface area contributed by atoms with Gasteiger partial charge in [0.25, 0.3) is 0 Å². The van der Waals surface area contributed by atoms with Crippen molar-refractivity contribution in [1.29, 1.82) is 0 Å². The minimum Gasteiger partial charge on any atom is -0.483 e. The van der Waals surface area contributed by atoms with E-state index in [1.54, 1.807) is 0 Å². The second-order valence-electron chi connectivity index (χ2n) is 2.94. The van der Waals surface area contributed by atoms with Crippen molar-refractivity contribution < 1.29 is 9.66 Å². The van der Waals surface area contributed by atoms with E-state index in [1.807, 2.05) is 0 Å². The molecule has 0 aromatic carbocycles. The summed E-state index contributed by atoms with van der Waals surface area (Å²) in [5.41, 5.74) is 0. The van der Waals surface area contributed by atoms with Gasteiger partial charge in [-0.25, -0.2) is 0 Å². The topological polar surface area (TPSA) is 93.1 Å². The normalized spacial score (nSPS) is 10.2. The third kappa shape index (κ3) is 3.55. The average molecular weight is 214 g/mol. The molecule has 1 aromatic heterocycles. The van der Waals surface area contributed by atoms with E-state index in [2.05, 4.69) is 22.4 Å². The Balaban J connectivity index is 2.31. The Morgan fingerprint density at radius 2 is 2.47 bits per heavy atom. The Kier molecular flexibility index (Phi) is 4.55. The highest BCUT2D eigenvalue weighted by atomic mass is 16.6. The molecule has 0 saturated heterocycles. The number of nitrogens with zero attached hydrogens (tertiary/aromatic N) is 2. The summed E-state index contributed by atoms with van der Waals surface area (Å²) < 4.78 is 5.19. The molecule has 0 spiro atoms. The van der Waals surface area contributed by atoms with Crippen LogP contribution in [0.15, 0.2) is 6.20 Å². The van der Waals surface area contributed by atoms with E-state index in [4.69, 9.17) is 4.74 Å². The summed E-state index contributed by atoms with van der Waals surface area (Å²) in [6.45, 7) is 4.03. The Morgan fingerprint density at radius 1 is 1.67 bits per heavy atom. The highest BCUT2D eigenvalue weighted by Gasteiger charge is 2.15. The highest BCUT2D eigenvalue weighted by Crippen LogP contribution is 2.21. The van der Waals surface area contributed by atoms with E-state index in [0.717, 1.165) is 13.0 Å². The lowest BCUT2D eigenvalue weighted by molar-refractivity contribution is -0.390. The lowest BCUT2D eigenvalue weighted by Gasteiger charge is -2.04. The van der Waals surface area contributed by atoms with Gasteiger partial charge in [0, 0.05) is 6.54 Å². The van der Waals surface area contributed by atoms with Crippen LogP contribution < -0.4 is 10.1 Å². The zero-order valence-corrected chi connectivity index (χ0v) is 8.52. The van der Waals surface area contributed by atoms with Gasteiger partial charge in [-0.05, 0) is 17.9 Å². The number of ether oxygens (including phenoxy) is 1. The molecule has 15 heavy (non-hydrogen) atoms. The predicted molar refractivity (Wildman–Crippen MR) is 53.9 cm³/mol. The fourth-order valence-corrected chi connectivity index (χ4v) is 1.04. The first-order valence-electron chi connectivity index (χ1n) is 4.77. The van der Waals surface area contributed by atoms with Crippen LogP contribution in [0.5, 0.6) is 5.75 Å². The number of H-pyrrole nitrogens is 1. The Morgan fingerprint density at radius 3 is 3.13 bits per heavy atom. The van der Waals surface area contributed by atoms with Crippen molar-refractivity contribution in [1.82, 2.24) is 15.5 Å². The Bertz CT molecular complexity index is 313. The second kappa shape index (κ2) is 5.97. The van der Waals surface area contributed by atoms with Crippen molar-refractivity contribution in [2.75, 3.05) is 19.7 Å². The van der Waals surface area contributed by atoms with Gasteiger partial charge >= 0.3 is 5.82 Å². The number of aromatic amines is 1. The highest BCUT2D eigenvalue weighted by molar-refractivity contribution is 5.36. The molecule has 1 rings (SSSR count). The molecule has 0 bridgehead atoms. The monoisotopic (exact) mass is 214 g/mol. The maximum Gasteiger partial charge on any atom is 0.385 e. The zero-order valence-electron chi connectivity index (χ0n) is 8.52. The quantitative estimate of drug-likeness (QED) is 0.396. The van der Waals surface area contributed by atoms with Gasteiger partial charge in [0.05, 0.1) is 0 Å². The van der Waals surface area contributed by atoms with E-state index in [0.29, 0.717) is 13.2 Å². The van der Waals surface area contributed by atoms with Crippen LogP contribution in [0.4, 0.5) is 5.82 Å². The molecule has 7 nitrogen and oxygen atoms in total. The first-order valence-corrected chi connectivity index (χ1v) is 4.77. The van der Waals surface area contributed by atoms with Crippen molar-refractivity contribution in [3.05, 3.63) is 16.3 Å². The zero-order chi connectivity index (χ0) is 11.1. The molecule has 0 fully saturated rings. The molecule has 2 N–H and O–H groups in total. The summed E-state index contributed by atoms with van der Waals surface area (Å²) >= 11 is 0. The van der Waals surface area contributed by atoms with Crippen LogP contribution in [-0.4, -0.2) is 34.8 Å². The van der Waals surface area contributed by atoms with Gasteiger partial charge < -0.3 is 20.2 Å². The summed E-state index contributed by atoms with van der Waals surface area (Å²) in [5.74, 6) is -0.0243. The van der Waals surface area contributed by atoms with Crippen LogP contribution >= 0.6 is 0 Å². The summed E-state index contributed by atoms with van der Waals surface area (Å²) in [6, 6.07) is 0. The van der Waals surface area contributed by atoms with Gasteiger partial charge in [0.15, 0.2) is 0 Å². The molecule has 0 saturated carbocycles. The molecule has 0 aliphatic rings. The summed E-state index contributed by atoms with van der Waals surface area (Å²) in [7, 11) is 0. The molecule has 1 aromatic rings. The van der Waals surface area contributed by atoms with E-state index in [9.17, 15) is 10.1 Å². The molecule has 0 aliphatic carbocycles. The van der Waals surface area contributed by atoms with Crippen molar-refractivity contribution in [2.24, 2.45) is 0 Å². The third-order valence-corrected chi connectivity index (χ3v) is 1.73. The van der Waals surface area contributed by atoms with Crippen LogP contribution in [0.3, 0.4) is 0 Å². The first-order chi connectivity index (χ1) is 7.25. The number of nitrogens with one attached hydrogen (secondary N) is 2. The standard InChI is InChI=1S/C8H14N4O3/c1-2-3-9-4-5-15-7-6-10-11-8(7)12(13)14/h6,9H,2-5H2,1H3,(H,10,11). The number of aromatic nitrogens is 2. The maximum atomic E-state index is 10.5. The molecular formula is C8H14N4O3. The average Bonchev–Trinajstić information content (AvgIpc) is 2.66. The molecule has 0 amide bonds. The third-order valence-electron chi connectivity index (χ3n) is 1.73. The number of rotatable bonds is 7. The van der Waals surface area contributed by atoms with Crippen LogP contribution in [0.2, 0.25) is 0 Å². The summed E-state index contributed by atoms with van der Waals surface area (Å²) in [4.78, 5) is 9.90. The number of hydrogen-bond acceptors (Lipinski definition) is 5. The van der Waals surface area contributed by atoms with Crippen LogP contribution in [0.25, 0.3) is 0 Å². The molecule has 1 heterocycles. The Labute approximate surface area is 87.0 Å². The smallest absolute Gasteiger partial charge is 0.385 e. The summed E-state index contributed by atoms with van der Waals surface area (Å²) in [6.07, 6.45) is 2.35. The molecule has 7 heteroatoms. The van der Waals surface area contributed by atoms with Crippen LogP contribution in [-0.2, 0) is 0 Å². The molecular weight excluding hydrogens is 200 g/mol.